The summed E-state index contributed by atoms with van der Waals surface area (Å²) in [5.41, 5.74) is 2.24. The van der Waals surface area contributed by atoms with E-state index < -0.39 is 0 Å². The lowest BCUT2D eigenvalue weighted by Gasteiger charge is -2.34. The van der Waals surface area contributed by atoms with Gasteiger partial charge in [-0.15, -0.1) is 0 Å². The van der Waals surface area contributed by atoms with E-state index in [1.807, 2.05) is 53.4 Å². The zero-order valence-corrected chi connectivity index (χ0v) is 17.9. The topological polar surface area (TPSA) is 59.1 Å². The van der Waals surface area contributed by atoms with Crippen molar-refractivity contribution in [2.75, 3.05) is 39.9 Å². The van der Waals surface area contributed by atoms with E-state index >= 15 is 0 Å². The van der Waals surface area contributed by atoms with Crippen LogP contribution in [-0.2, 0) is 27.3 Å². The van der Waals surface area contributed by atoms with Gasteiger partial charge in [0.05, 0.1) is 7.11 Å². The summed E-state index contributed by atoms with van der Waals surface area (Å²) in [4.78, 5) is 27.9. The Labute approximate surface area is 182 Å². The van der Waals surface area contributed by atoms with Gasteiger partial charge in [-0.2, -0.15) is 0 Å². The van der Waals surface area contributed by atoms with Crippen molar-refractivity contribution in [3.05, 3.63) is 64.7 Å². The van der Waals surface area contributed by atoms with E-state index in [0.29, 0.717) is 31.7 Å². The lowest BCUT2D eigenvalue weighted by molar-refractivity contribution is -0.140. The fourth-order valence-electron chi connectivity index (χ4n) is 3.34. The van der Waals surface area contributed by atoms with Gasteiger partial charge in [0.1, 0.15) is 5.75 Å². The highest BCUT2D eigenvalue weighted by atomic mass is 35.5. The largest absolute Gasteiger partial charge is 0.484 e. The van der Waals surface area contributed by atoms with Crippen LogP contribution in [0, 0.1) is 0 Å². The maximum absolute atomic E-state index is 12.5. The molecule has 0 N–H and O–H groups in total. The molecule has 0 aromatic heterocycles. The minimum Gasteiger partial charge on any atom is -0.484 e. The lowest BCUT2D eigenvalue weighted by Crippen LogP contribution is -2.49. The first kappa shape index (κ1) is 22.1. The van der Waals surface area contributed by atoms with E-state index in [9.17, 15) is 9.59 Å². The van der Waals surface area contributed by atoms with Gasteiger partial charge in [-0.25, -0.2) is 0 Å². The second-order valence-electron chi connectivity index (χ2n) is 7.29. The summed E-state index contributed by atoms with van der Waals surface area (Å²) in [5.74, 6) is 0.414. The minimum atomic E-state index is -0.228. The number of methoxy groups -OCH3 is 1. The van der Waals surface area contributed by atoms with E-state index in [-0.39, 0.29) is 18.5 Å². The van der Waals surface area contributed by atoms with Gasteiger partial charge in [0.25, 0.3) is 5.91 Å². The van der Waals surface area contributed by atoms with Crippen LogP contribution in [0.1, 0.15) is 17.5 Å². The summed E-state index contributed by atoms with van der Waals surface area (Å²) in [6.07, 6.45) is 0.964. The third-order valence-corrected chi connectivity index (χ3v) is 5.43. The Kier molecular flexibility index (Phi) is 8.11. The molecular weight excluding hydrogens is 404 g/mol. The van der Waals surface area contributed by atoms with Crippen molar-refractivity contribution in [3.8, 4) is 5.75 Å². The molecule has 0 spiro atoms. The number of piperazine rings is 1. The van der Waals surface area contributed by atoms with E-state index in [1.54, 1.807) is 0 Å². The van der Waals surface area contributed by atoms with Gasteiger partial charge in [-0.3, -0.25) is 14.5 Å². The Bertz CT molecular complexity index is 831. The standard InChI is InChI=1S/C23H27ClN2O4/c1-29-23(28)11-6-18-4-9-21(10-5-18)30-17-22(27)26-14-12-25(13-15-26)16-19-2-7-20(24)8-3-19/h2-5,7-10H,6,11-17H2,1H3. The van der Waals surface area contributed by atoms with Crippen LogP contribution in [0.2, 0.25) is 5.02 Å². The minimum absolute atomic E-state index is 0.00379. The molecule has 1 aliphatic rings. The fraction of sp³-hybridized carbons (Fsp3) is 0.391. The zero-order valence-electron chi connectivity index (χ0n) is 17.2. The van der Waals surface area contributed by atoms with Gasteiger partial charge in [-0.1, -0.05) is 35.9 Å². The number of aryl methyl sites for hydroxylation is 1. The predicted octanol–water partition coefficient (Wildman–Crippen LogP) is 3.17. The van der Waals surface area contributed by atoms with Crippen molar-refractivity contribution < 1.29 is 19.1 Å². The molecule has 0 unspecified atom stereocenters. The number of hydrogen-bond donors (Lipinski definition) is 0. The number of carbonyl (C=O) groups excluding carboxylic acids is 2. The third kappa shape index (κ3) is 6.75. The first-order valence-electron chi connectivity index (χ1n) is 10.1. The van der Waals surface area contributed by atoms with Gasteiger partial charge in [0, 0.05) is 44.2 Å². The fourth-order valence-corrected chi connectivity index (χ4v) is 3.47. The van der Waals surface area contributed by atoms with Gasteiger partial charge >= 0.3 is 5.97 Å². The normalized spacial score (nSPS) is 14.4. The second-order valence-corrected chi connectivity index (χ2v) is 7.73. The van der Waals surface area contributed by atoms with Gasteiger partial charge in [-0.05, 0) is 41.8 Å². The van der Waals surface area contributed by atoms with E-state index in [0.717, 1.165) is 30.2 Å². The molecule has 0 radical (unpaired) electrons. The molecule has 1 saturated heterocycles. The number of ether oxygens (including phenoxy) is 2. The molecule has 2 aromatic carbocycles. The van der Waals surface area contributed by atoms with Gasteiger partial charge < -0.3 is 14.4 Å². The van der Waals surface area contributed by atoms with Crippen LogP contribution in [0.4, 0.5) is 0 Å². The van der Waals surface area contributed by atoms with Crippen LogP contribution in [0.3, 0.4) is 0 Å². The lowest BCUT2D eigenvalue weighted by atomic mass is 10.1. The maximum Gasteiger partial charge on any atom is 0.305 e. The van der Waals surface area contributed by atoms with Gasteiger partial charge in [0.2, 0.25) is 0 Å². The third-order valence-electron chi connectivity index (χ3n) is 5.18. The highest BCUT2D eigenvalue weighted by Crippen LogP contribution is 2.15. The first-order chi connectivity index (χ1) is 14.5. The molecule has 0 aliphatic carbocycles. The average Bonchev–Trinajstić information content (AvgIpc) is 2.78. The number of halogens is 1. The Morgan fingerprint density at radius 2 is 1.57 bits per heavy atom. The van der Waals surface area contributed by atoms with Crippen LogP contribution < -0.4 is 4.74 Å². The van der Waals surface area contributed by atoms with E-state index in [2.05, 4.69) is 9.64 Å². The molecule has 0 bridgehead atoms. The number of carbonyl (C=O) groups is 2. The van der Waals surface area contributed by atoms with E-state index in [4.69, 9.17) is 16.3 Å². The van der Waals surface area contributed by atoms with Crippen LogP contribution in [0.15, 0.2) is 48.5 Å². The summed E-state index contributed by atoms with van der Waals surface area (Å²) in [6.45, 7) is 3.95. The molecule has 6 nitrogen and oxygen atoms in total. The van der Waals surface area contributed by atoms with E-state index in [1.165, 1.54) is 12.7 Å². The highest BCUT2D eigenvalue weighted by Gasteiger charge is 2.21. The Balaban J connectivity index is 1.38. The molecule has 1 amide bonds. The number of amides is 1. The van der Waals surface area contributed by atoms with Crippen molar-refractivity contribution in [1.29, 1.82) is 0 Å². The van der Waals surface area contributed by atoms with Crippen molar-refractivity contribution >= 4 is 23.5 Å². The molecule has 30 heavy (non-hydrogen) atoms. The summed E-state index contributed by atoms with van der Waals surface area (Å²) in [5, 5.41) is 0.741. The number of esters is 1. The maximum atomic E-state index is 12.5. The number of benzene rings is 2. The molecule has 3 rings (SSSR count). The monoisotopic (exact) mass is 430 g/mol. The Morgan fingerprint density at radius 1 is 0.933 bits per heavy atom. The van der Waals surface area contributed by atoms with Crippen molar-refractivity contribution in [3.63, 3.8) is 0 Å². The zero-order chi connectivity index (χ0) is 21.3. The molecular formula is C23H27ClN2O4. The quantitative estimate of drug-likeness (QED) is 0.602. The summed E-state index contributed by atoms with van der Waals surface area (Å²) >= 11 is 5.93. The molecule has 1 fully saturated rings. The summed E-state index contributed by atoms with van der Waals surface area (Å²) in [6, 6.07) is 15.3. The Hall–Kier alpha value is -2.57. The van der Waals surface area contributed by atoms with Crippen LogP contribution in [-0.4, -0.2) is 61.6 Å². The number of nitrogens with zero attached hydrogens (tertiary/aromatic N) is 2. The first-order valence-corrected chi connectivity index (χ1v) is 10.4. The predicted molar refractivity (Wildman–Crippen MR) is 116 cm³/mol. The van der Waals surface area contributed by atoms with Crippen molar-refractivity contribution in [2.45, 2.75) is 19.4 Å². The Morgan fingerprint density at radius 3 is 2.20 bits per heavy atom. The SMILES string of the molecule is COC(=O)CCc1ccc(OCC(=O)N2CCN(Cc3ccc(Cl)cc3)CC2)cc1. The van der Waals surface area contributed by atoms with Crippen molar-refractivity contribution in [1.82, 2.24) is 9.80 Å². The molecule has 7 heteroatoms. The summed E-state index contributed by atoms with van der Waals surface area (Å²) < 4.78 is 10.3. The molecule has 2 aromatic rings. The second kappa shape index (κ2) is 11.0. The van der Waals surface area contributed by atoms with Crippen LogP contribution in [0.25, 0.3) is 0 Å². The molecule has 160 valence electrons. The van der Waals surface area contributed by atoms with Crippen LogP contribution >= 0.6 is 11.6 Å². The number of rotatable bonds is 8. The number of hydrogen-bond acceptors (Lipinski definition) is 5. The van der Waals surface area contributed by atoms with Crippen LogP contribution in [0.5, 0.6) is 5.75 Å². The molecule has 0 saturated carbocycles. The molecule has 1 heterocycles. The highest BCUT2D eigenvalue weighted by molar-refractivity contribution is 6.30. The van der Waals surface area contributed by atoms with Gasteiger partial charge in [0.15, 0.2) is 6.61 Å². The van der Waals surface area contributed by atoms with Crippen molar-refractivity contribution in [2.24, 2.45) is 0 Å². The average molecular weight is 431 g/mol. The smallest absolute Gasteiger partial charge is 0.305 e. The molecule has 1 aliphatic heterocycles. The molecule has 0 atom stereocenters. The summed E-state index contributed by atoms with van der Waals surface area (Å²) in [7, 11) is 1.38.